The van der Waals surface area contributed by atoms with E-state index in [-0.39, 0.29) is 22.1 Å². The Labute approximate surface area is 217 Å². The average Bonchev–Trinajstić information content (AvgIpc) is 3.50. The summed E-state index contributed by atoms with van der Waals surface area (Å²) in [6.45, 7) is -1.36. The van der Waals surface area contributed by atoms with E-state index in [4.69, 9.17) is 26.5 Å². The first-order valence-electron chi connectivity index (χ1n) is 9.99. The van der Waals surface area contributed by atoms with Gasteiger partial charge in [0.15, 0.2) is 5.13 Å². The fourth-order valence-corrected chi connectivity index (χ4v) is 6.76. The summed E-state index contributed by atoms with van der Waals surface area (Å²) in [6.07, 6.45) is -3.02. The lowest BCUT2D eigenvalue weighted by atomic mass is 9.98. The molecule has 4 aromatic rings. The number of thiazole rings is 1. The number of nitrogens with one attached hydrogen (secondary N) is 2. The van der Waals surface area contributed by atoms with Crippen LogP contribution in [0.1, 0.15) is 0 Å². The molecule has 4 rings (SSSR count). The highest BCUT2D eigenvalue weighted by molar-refractivity contribution is 7.92. The molecule has 2 heterocycles. The van der Waals surface area contributed by atoms with Crippen LogP contribution in [0, 0.1) is 0 Å². The predicted octanol–water partition coefficient (Wildman–Crippen LogP) is -1.39. The summed E-state index contributed by atoms with van der Waals surface area (Å²) in [5, 5.41) is 27.2. The van der Waals surface area contributed by atoms with Crippen molar-refractivity contribution < 1.29 is 35.5 Å². The first kappa shape index (κ1) is 28.9. The van der Waals surface area contributed by atoms with Crippen molar-refractivity contribution in [3.63, 3.8) is 0 Å². The van der Waals surface area contributed by atoms with Gasteiger partial charge in [0, 0.05) is 18.6 Å². The predicted molar refractivity (Wildman–Crippen MR) is 129 cm³/mol. The molecular weight excluding hydrogens is 572 g/mol. The molecule has 1 atom stereocenters. The Morgan fingerprint density at radius 1 is 1.16 bits per heavy atom. The molecule has 2 aromatic heterocycles. The number of carbonyl (C=O) groups is 1. The van der Waals surface area contributed by atoms with Crippen molar-refractivity contribution >= 4 is 53.2 Å². The number of carbonyl (C=O) groups excluding carboxylic acids is 1. The van der Waals surface area contributed by atoms with Gasteiger partial charge < -0.3 is 21.4 Å². The van der Waals surface area contributed by atoms with Crippen LogP contribution >= 0.6 is 11.3 Å². The van der Waals surface area contributed by atoms with Gasteiger partial charge in [0.1, 0.15) is 9.79 Å². The average molecular weight is 591 g/mol. The molecule has 0 saturated heterocycles. The minimum Gasteiger partial charge on any atom is -0.554 e. The Kier molecular flexibility index (Phi) is 8.64. The largest absolute Gasteiger partial charge is 0.554 e. The minimum atomic E-state index is -4.77. The van der Waals surface area contributed by atoms with E-state index in [0.717, 1.165) is 6.07 Å². The van der Waals surface area contributed by atoms with E-state index in [2.05, 4.69) is 25.6 Å². The van der Waals surface area contributed by atoms with Gasteiger partial charge in [-0.2, -0.15) is 5.21 Å². The number of primary sulfonamides is 1. The maximum atomic E-state index is 13.0. The summed E-state index contributed by atoms with van der Waals surface area (Å²) in [4.78, 5) is 10.8. The van der Waals surface area contributed by atoms with Crippen molar-refractivity contribution in [2.75, 3.05) is 12.3 Å². The third kappa shape index (κ3) is 6.06. The number of fused-ring (bicyclic) bond motifs is 1. The molecule has 0 fully saturated rings. The third-order valence-corrected chi connectivity index (χ3v) is 8.26. The normalized spacial score (nSPS) is 12.8. The minimum absolute atomic E-state index is 0.162. The molecule has 0 aliphatic rings. The molecule has 0 saturated carbocycles. The van der Waals surface area contributed by atoms with Crippen LogP contribution in [0.2, 0.25) is 0 Å². The summed E-state index contributed by atoms with van der Waals surface area (Å²) < 4.78 is 79.6. The fourth-order valence-electron chi connectivity index (χ4n) is 3.33. The fraction of sp³-hybridized carbons (Fsp3) is 0.167. The van der Waals surface area contributed by atoms with Crippen LogP contribution in [-0.4, -0.2) is 67.9 Å². The van der Waals surface area contributed by atoms with Gasteiger partial charge in [-0.05, 0) is 22.9 Å². The molecule has 38 heavy (non-hydrogen) atoms. The second kappa shape index (κ2) is 11.4. The number of rotatable bonds is 8. The number of alkyl halides is 2. The second-order valence-corrected chi connectivity index (χ2v) is 11.5. The molecule has 15 nitrogen and oxygen atoms in total. The second-order valence-electron chi connectivity index (χ2n) is 7.25. The van der Waals surface area contributed by atoms with Gasteiger partial charge in [0.05, 0.1) is 21.8 Å². The van der Waals surface area contributed by atoms with Crippen LogP contribution in [0.15, 0.2) is 40.1 Å². The zero-order valence-electron chi connectivity index (χ0n) is 18.8. The van der Waals surface area contributed by atoms with Crippen molar-refractivity contribution in [3.8, 4) is 22.5 Å². The first-order valence-corrected chi connectivity index (χ1v) is 13.8. The summed E-state index contributed by atoms with van der Waals surface area (Å²) in [6, 6.07) is 5.48. The van der Waals surface area contributed by atoms with Gasteiger partial charge in [0.25, 0.3) is 6.43 Å². The van der Waals surface area contributed by atoms with Gasteiger partial charge in [-0.15, -0.1) is 10.2 Å². The molecule has 0 amide bonds. The molecule has 0 radical (unpaired) electrons. The van der Waals surface area contributed by atoms with E-state index >= 15 is 0 Å². The third-order valence-electron chi connectivity index (χ3n) is 4.82. The molecule has 0 bridgehead atoms. The van der Waals surface area contributed by atoms with Crippen molar-refractivity contribution in [3.05, 3.63) is 30.3 Å². The van der Waals surface area contributed by atoms with E-state index in [0.29, 0.717) is 15.8 Å². The van der Waals surface area contributed by atoms with Crippen molar-refractivity contribution in [1.29, 1.82) is 0 Å². The summed E-state index contributed by atoms with van der Waals surface area (Å²) in [7, 11) is -9.47. The summed E-state index contributed by atoms with van der Waals surface area (Å²) >= 11 is 1.19. The quantitative estimate of drug-likeness (QED) is 0.148. The highest BCUT2D eigenvalue weighted by atomic mass is 32.2. The number of nitrogens with two attached hydrogens (primary N) is 3. The van der Waals surface area contributed by atoms with Crippen LogP contribution in [-0.2, 0) is 24.8 Å². The number of nitrogen functional groups attached to an aromatic ring is 1. The van der Waals surface area contributed by atoms with Crippen molar-refractivity contribution in [2.24, 2.45) is 10.9 Å². The monoisotopic (exact) mass is 590 g/mol. The Morgan fingerprint density at radius 3 is 2.42 bits per heavy atom. The van der Waals surface area contributed by atoms with Crippen LogP contribution in [0.25, 0.3) is 32.7 Å². The number of tetrazole rings is 1. The van der Waals surface area contributed by atoms with E-state index in [1.54, 1.807) is 18.2 Å². The lowest BCUT2D eigenvalue weighted by molar-refractivity contribution is -0.283. The SMILES string of the molecule is Nc1nc2c(-c3ccc(S(=O)(=O)NCC(N)C(F)F)c(S(N)(=O)=O)c3-c3nn[nH]n3)cccc2s1.O=C[O-]. The Morgan fingerprint density at radius 2 is 1.84 bits per heavy atom. The molecule has 204 valence electrons. The number of aromatic nitrogens is 5. The van der Waals surface area contributed by atoms with E-state index < -0.39 is 55.3 Å². The number of hydrogen-bond acceptors (Lipinski definition) is 13. The number of anilines is 1. The van der Waals surface area contributed by atoms with Crippen LogP contribution in [0.4, 0.5) is 13.9 Å². The number of halogens is 2. The van der Waals surface area contributed by atoms with E-state index in [1.165, 1.54) is 17.4 Å². The molecule has 0 aliphatic heterocycles. The smallest absolute Gasteiger partial charge is 0.254 e. The molecule has 1 unspecified atom stereocenters. The van der Waals surface area contributed by atoms with Crippen molar-refractivity contribution in [1.82, 2.24) is 30.3 Å². The maximum Gasteiger partial charge on any atom is 0.254 e. The number of nitrogens with zero attached hydrogens (tertiary/aromatic N) is 4. The lowest BCUT2D eigenvalue weighted by Crippen LogP contribution is -2.42. The number of para-hydroxylation sites is 1. The number of aromatic amines is 1. The van der Waals surface area contributed by atoms with Gasteiger partial charge in [-0.3, -0.25) is 0 Å². The first-order chi connectivity index (χ1) is 17.8. The zero-order chi connectivity index (χ0) is 28.3. The standard InChI is InChI=1S/C17H17F2N9O4S3.CH2O2/c18-15(19)9(20)6-23-35(31,32)11-5-4-7(8-2-1-3-10-13(8)24-17(21)33-10)12(14(11)34(22,29)30)16-25-27-28-26-16;2-1-3/h1-5,9,15,23H,6,20H2,(H2,21,24)(H2,22,29,30)(H,25,26,27,28);1H,(H,2,3)/p-1. The molecule has 20 heteroatoms. The van der Waals surface area contributed by atoms with Crippen molar-refractivity contribution in [2.45, 2.75) is 22.3 Å². The molecule has 0 spiro atoms. The topological polar surface area (TPSA) is 266 Å². The van der Waals surface area contributed by atoms with Gasteiger partial charge in [0.2, 0.25) is 25.9 Å². The highest BCUT2D eigenvalue weighted by Crippen LogP contribution is 2.41. The lowest BCUT2D eigenvalue weighted by Gasteiger charge is -2.18. The Hall–Kier alpha value is -3.69. The molecule has 8 N–H and O–H groups in total. The van der Waals surface area contributed by atoms with E-state index in [9.17, 15) is 25.6 Å². The Balaban J connectivity index is 0.00000127. The number of benzene rings is 2. The van der Waals surface area contributed by atoms with Crippen LogP contribution in [0.3, 0.4) is 0 Å². The molecular formula is C18H18F2N9O6S3-. The van der Waals surface area contributed by atoms with E-state index in [1.807, 2.05) is 4.72 Å². The molecule has 2 aromatic carbocycles. The Bertz CT molecular complexity index is 1660. The summed E-state index contributed by atoms with van der Waals surface area (Å²) in [5.41, 5.74) is 11.7. The van der Waals surface area contributed by atoms with Gasteiger partial charge in [-0.1, -0.05) is 29.5 Å². The highest BCUT2D eigenvalue weighted by Gasteiger charge is 2.33. The molecule has 0 aliphatic carbocycles. The summed E-state index contributed by atoms with van der Waals surface area (Å²) in [5.74, 6) is -0.287. The number of H-pyrrole nitrogens is 1. The number of sulfonamides is 2. The maximum absolute atomic E-state index is 13.0. The number of carboxylic acid groups (broad SMARTS) is 1. The number of hydrogen-bond donors (Lipinski definition) is 5. The zero-order valence-corrected chi connectivity index (χ0v) is 21.2. The van der Waals surface area contributed by atoms with Crippen LogP contribution in [0.5, 0.6) is 0 Å². The van der Waals surface area contributed by atoms with Crippen LogP contribution < -0.4 is 26.4 Å². The van der Waals surface area contributed by atoms with Gasteiger partial charge in [-0.25, -0.2) is 40.5 Å². The van der Waals surface area contributed by atoms with Gasteiger partial charge >= 0.3 is 0 Å².